The van der Waals surface area contributed by atoms with E-state index < -0.39 is 6.09 Å². The molecule has 1 heterocycles. The first-order valence-corrected chi connectivity index (χ1v) is 6.07. The lowest BCUT2D eigenvalue weighted by Crippen LogP contribution is -2.41. The van der Waals surface area contributed by atoms with Gasteiger partial charge in [-0.1, -0.05) is 0 Å². The van der Waals surface area contributed by atoms with E-state index in [0.717, 1.165) is 24.3 Å². The highest BCUT2D eigenvalue weighted by Crippen LogP contribution is 2.19. The van der Waals surface area contributed by atoms with Crippen molar-refractivity contribution < 1.29 is 14.6 Å². The van der Waals surface area contributed by atoms with Gasteiger partial charge in [0.15, 0.2) is 0 Å². The van der Waals surface area contributed by atoms with Crippen molar-refractivity contribution in [3.05, 3.63) is 24.3 Å². The Bertz CT molecular complexity index is 397. The van der Waals surface area contributed by atoms with Crippen LogP contribution in [0.3, 0.4) is 0 Å². The summed E-state index contributed by atoms with van der Waals surface area (Å²) in [5.74, 6) is 0.834. The Morgan fingerprint density at radius 2 is 1.94 bits per heavy atom. The molecule has 0 bridgehead atoms. The Morgan fingerprint density at radius 3 is 2.44 bits per heavy atom. The van der Waals surface area contributed by atoms with Gasteiger partial charge in [-0.3, -0.25) is 0 Å². The molecule has 1 aliphatic heterocycles. The number of nitrogens with one attached hydrogen (secondary N) is 1. The van der Waals surface area contributed by atoms with Crippen LogP contribution in [0.1, 0.15) is 12.8 Å². The van der Waals surface area contributed by atoms with E-state index in [2.05, 4.69) is 5.32 Å². The lowest BCUT2D eigenvalue weighted by atomic mass is 10.1. The molecule has 0 saturated carbocycles. The number of likely N-dealkylation sites (tertiary alicyclic amines) is 1. The minimum atomic E-state index is -0.821. The summed E-state index contributed by atoms with van der Waals surface area (Å²) >= 11 is 0. The largest absolute Gasteiger partial charge is 0.497 e. The standard InChI is InChI=1S/C13H18N2O3/c1-18-12-4-2-10(3-5-12)14-11-6-8-15(9-7-11)13(16)17/h2-5,11,14H,6-9H2,1H3,(H,16,17). The highest BCUT2D eigenvalue weighted by molar-refractivity contribution is 5.65. The molecule has 1 amide bonds. The lowest BCUT2D eigenvalue weighted by Gasteiger charge is -2.31. The first kappa shape index (κ1) is 12.5. The van der Waals surface area contributed by atoms with Gasteiger partial charge in [0, 0.05) is 24.8 Å². The van der Waals surface area contributed by atoms with Crippen LogP contribution in [0.2, 0.25) is 0 Å². The molecule has 1 aromatic carbocycles. The summed E-state index contributed by atoms with van der Waals surface area (Å²) in [4.78, 5) is 12.2. The number of carbonyl (C=O) groups is 1. The molecule has 1 saturated heterocycles. The summed E-state index contributed by atoms with van der Waals surface area (Å²) in [6.07, 6.45) is 0.870. The number of rotatable bonds is 3. The van der Waals surface area contributed by atoms with Crippen molar-refractivity contribution in [3.63, 3.8) is 0 Å². The molecule has 5 nitrogen and oxygen atoms in total. The first-order chi connectivity index (χ1) is 8.69. The zero-order valence-electron chi connectivity index (χ0n) is 10.4. The molecule has 2 N–H and O–H groups in total. The number of benzene rings is 1. The maximum absolute atomic E-state index is 10.8. The van der Waals surface area contributed by atoms with Crippen molar-refractivity contribution in [2.24, 2.45) is 0 Å². The SMILES string of the molecule is COc1ccc(NC2CCN(C(=O)O)CC2)cc1. The Kier molecular flexibility index (Phi) is 3.92. The lowest BCUT2D eigenvalue weighted by molar-refractivity contribution is 0.134. The van der Waals surface area contributed by atoms with Crippen LogP contribution in [0.15, 0.2) is 24.3 Å². The van der Waals surface area contributed by atoms with Crippen LogP contribution >= 0.6 is 0 Å². The van der Waals surface area contributed by atoms with Gasteiger partial charge in [-0.25, -0.2) is 4.79 Å². The van der Waals surface area contributed by atoms with Crippen LogP contribution in [-0.4, -0.2) is 42.3 Å². The summed E-state index contributed by atoms with van der Waals surface area (Å²) in [5, 5.41) is 12.3. The Hall–Kier alpha value is -1.91. The number of anilines is 1. The molecule has 0 radical (unpaired) electrons. The average molecular weight is 250 g/mol. The molecule has 1 aliphatic rings. The second kappa shape index (κ2) is 5.62. The van der Waals surface area contributed by atoms with Crippen LogP contribution < -0.4 is 10.1 Å². The first-order valence-electron chi connectivity index (χ1n) is 6.07. The van der Waals surface area contributed by atoms with E-state index in [1.807, 2.05) is 24.3 Å². The number of nitrogens with zero attached hydrogens (tertiary/aromatic N) is 1. The Morgan fingerprint density at radius 1 is 1.33 bits per heavy atom. The number of methoxy groups -OCH3 is 1. The third-order valence-electron chi connectivity index (χ3n) is 3.23. The van der Waals surface area contributed by atoms with Crippen molar-refractivity contribution in [2.75, 3.05) is 25.5 Å². The zero-order chi connectivity index (χ0) is 13.0. The molecule has 0 aromatic heterocycles. The van der Waals surface area contributed by atoms with Crippen LogP contribution in [0, 0.1) is 0 Å². The molecule has 0 unspecified atom stereocenters. The normalized spacial score (nSPS) is 16.4. The number of hydrogen-bond donors (Lipinski definition) is 2. The molecule has 98 valence electrons. The maximum Gasteiger partial charge on any atom is 0.407 e. The molecule has 2 rings (SSSR count). The number of amides is 1. The van der Waals surface area contributed by atoms with Gasteiger partial charge in [0.05, 0.1) is 7.11 Å². The molecule has 1 aromatic rings. The van der Waals surface area contributed by atoms with Crippen molar-refractivity contribution in [2.45, 2.75) is 18.9 Å². The van der Waals surface area contributed by atoms with Crippen LogP contribution in [-0.2, 0) is 0 Å². The fraction of sp³-hybridized carbons (Fsp3) is 0.462. The topological polar surface area (TPSA) is 61.8 Å². The molecule has 0 atom stereocenters. The number of carboxylic acid groups (broad SMARTS) is 1. The van der Waals surface area contributed by atoms with E-state index in [9.17, 15) is 4.79 Å². The van der Waals surface area contributed by atoms with E-state index in [1.54, 1.807) is 7.11 Å². The smallest absolute Gasteiger partial charge is 0.407 e. The molecule has 18 heavy (non-hydrogen) atoms. The van der Waals surface area contributed by atoms with Crippen molar-refractivity contribution >= 4 is 11.8 Å². The third kappa shape index (κ3) is 3.06. The molecule has 0 aliphatic carbocycles. The van der Waals surface area contributed by atoms with Crippen molar-refractivity contribution in [1.29, 1.82) is 0 Å². The van der Waals surface area contributed by atoms with Gasteiger partial charge in [0.2, 0.25) is 0 Å². The number of ether oxygens (including phenoxy) is 1. The number of piperidine rings is 1. The summed E-state index contributed by atoms with van der Waals surface area (Å²) in [7, 11) is 1.64. The minimum absolute atomic E-state index is 0.342. The van der Waals surface area contributed by atoms with Gasteiger partial charge in [0.25, 0.3) is 0 Å². The third-order valence-corrected chi connectivity index (χ3v) is 3.23. The van der Waals surface area contributed by atoms with E-state index >= 15 is 0 Å². The van der Waals surface area contributed by atoms with Gasteiger partial charge < -0.3 is 20.1 Å². The van der Waals surface area contributed by atoms with Crippen LogP contribution in [0.25, 0.3) is 0 Å². The average Bonchev–Trinajstić information content (AvgIpc) is 2.40. The molecular formula is C13H18N2O3. The Labute approximate surface area is 106 Å². The fourth-order valence-corrected chi connectivity index (χ4v) is 2.14. The summed E-state index contributed by atoms with van der Waals surface area (Å²) in [5.41, 5.74) is 1.05. The molecular weight excluding hydrogens is 232 g/mol. The summed E-state index contributed by atoms with van der Waals surface area (Å²) in [6, 6.07) is 8.11. The van der Waals surface area contributed by atoms with Crippen molar-refractivity contribution in [1.82, 2.24) is 4.90 Å². The van der Waals surface area contributed by atoms with Gasteiger partial charge in [-0.15, -0.1) is 0 Å². The Balaban J connectivity index is 1.85. The van der Waals surface area contributed by atoms with E-state index in [0.29, 0.717) is 19.1 Å². The number of hydrogen-bond acceptors (Lipinski definition) is 3. The van der Waals surface area contributed by atoms with Gasteiger partial charge in [0.1, 0.15) is 5.75 Å². The van der Waals surface area contributed by atoms with Crippen LogP contribution in [0.5, 0.6) is 5.75 Å². The monoisotopic (exact) mass is 250 g/mol. The predicted molar refractivity (Wildman–Crippen MR) is 69.2 cm³/mol. The van der Waals surface area contributed by atoms with Gasteiger partial charge >= 0.3 is 6.09 Å². The fourth-order valence-electron chi connectivity index (χ4n) is 2.14. The molecule has 5 heteroatoms. The predicted octanol–water partition coefficient (Wildman–Crippen LogP) is 2.25. The summed E-state index contributed by atoms with van der Waals surface area (Å²) in [6.45, 7) is 1.20. The molecule has 0 spiro atoms. The van der Waals surface area contributed by atoms with Gasteiger partial charge in [-0.05, 0) is 37.1 Å². The molecule has 1 fully saturated rings. The van der Waals surface area contributed by atoms with Crippen molar-refractivity contribution in [3.8, 4) is 5.75 Å². The maximum atomic E-state index is 10.8. The summed E-state index contributed by atoms with van der Waals surface area (Å²) < 4.78 is 5.10. The van der Waals surface area contributed by atoms with Crippen LogP contribution in [0.4, 0.5) is 10.5 Å². The minimum Gasteiger partial charge on any atom is -0.497 e. The second-order valence-electron chi connectivity index (χ2n) is 4.42. The van der Waals surface area contributed by atoms with E-state index in [1.165, 1.54) is 4.90 Å². The highest BCUT2D eigenvalue weighted by atomic mass is 16.5. The van der Waals surface area contributed by atoms with Gasteiger partial charge in [-0.2, -0.15) is 0 Å². The second-order valence-corrected chi connectivity index (χ2v) is 4.42. The zero-order valence-corrected chi connectivity index (χ0v) is 10.4. The van der Waals surface area contributed by atoms with E-state index in [4.69, 9.17) is 9.84 Å². The highest BCUT2D eigenvalue weighted by Gasteiger charge is 2.21. The quantitative estimate of drug-likeness (QED) is 0.863. The van der Waals surface area contributed by atoms with E-state index in [-0.39, 0.29) is 0 Å².